The molecule has 1 aliphatic carbocycles. The van der Waals surface area contributed by atoms with Gasteiger partial charge in [-0.2, -0.15) is 0 Å². The van der Waals surface area contributed by atoms with Gasteiger partial charge in [0.2, 0.25) is 0 Å². The Balaban J connectivity index is 1.88. The van der Waals surface area contributed by atoms with Crippen LogP contribution in [0.1, 0.15) is 96.8 Å². The average molecular weight is 282 g/mol. The maximum atomic E-state index is 11.1. The zero-order valence-electron chi connectivity index (χ0n) is 13.4. The van der Waals surface area contributed by atoms with E-state index in [1.165, 1.54) is 64.2 Å². The third-order valence-corrected chi connectivity index (χ3v) is 4.90. The molecule has 1 aliphatic rings. The molecule has 1 saturated carbocycles. The van der Waals surface area contributed by atoms with Gasteiger partial charge in [-0.05, 0) is 25.2 Å². The first-order valence-electron chi connectivity index (χ1n) is 8.98. The van der Waals surface area contributed by atoms with Crippen LogP contribution in [0.3, 0.4) is 0 Å². The second kappa shape index (κ2) is 11.2. The number of aliphatic carboxylic acids is 1. The summed E-state index contributed by atoms with van der Waals surface area (Å²) in [5, 5.41) is 9.15. The molecule has 0 amide bonds. The van der Waals surface area contributed by atoms with E-state index in [-0.39, 0.29) is 5.92 Å². The van der Waals surface area contributed by atoms with Crippen LogP contribution in [0, 0.1) is 11.8 Å². The molecular formula is C18H34O2. The molecule has 0 spiro atoms. The van der Waals surface area contributed by atoms with E-state index in [1.807, 2.05) is 0 Å². The summed E-state index contributed by atoms with van der Waals surface area (Å²) in [6, 6.07) is 0. The standard InChI is InChI=1S/C18H34O2/c1-2-3-4-5-6-7-8-9-10-11-13-16-14-12-15-17(16)18(19)20/h16-17H,2-15H2,1H3,(H,19,20)/t16-,17-/m1/s1. The third kappa shape index (κ3) is 7.31. The fraction of sp³-hybridized carbons (Fsp3) is 0.944. The number of carboxylic acid groups (broad SMARTS) is 1. The van der Waals surface area contributed by atoms with Gasteiger partial charge in [0.15, 0.2) is 0 Å². The Kier molecular flexibility index (Phi) is 9.78. The van der Waals surface area contributed by atoms with Gasteiger partial charge in [-0.25, -0.2) is 0 Å². The van der Waals surface area contributed by atoms with Crippen molar-refractivity contribution >= 4 is 5.97 Å². The number of carbonyl (C=O) groups is 1. The van der Waals surface area contributed by atoms with Crippen molar-refractivity contribution in [1.29, 1.82) is 0 Å². The molecule has 0 aliphatic heterocycles. The van der Waals surface area contributed by atoms with Crippen molar-refractivity contribution in [1.82, 2.24) is 0 Å². The van der Waals surface area contributed by atoms with E-state index < -0.39 is 5.97 Å². The van der Waals surface area contributed by atoms with Crippen molar-refractivity contribution in [2.45, 2.75) is 96.8 Å². The fourth-order valence-electron chi connectivity index (χ4n) is 3.60. The van der Waals surface area contributed by atoms with Crippen LogP contribution < -0.4 is 0 Å². The summed E-state index contributed by atoms with van der Waals surface area (Å²) in [5.74, 6) is -0.116. The lowest BCUT2D eigenvalue weighted by Gasteiger charge is -2.15. The van der Waals surface area contributed by atoms with Crippen molar-refractivity contribution in [3.63, 3.8) is 0 Å². The molecule has 1 N–H and O–H groups in total. The Morgan fingerprint density at radius 1 is 0.900 bits per heavy atom. The first-order valence-corrected chi connectivity index (χ1v) is 8.98. The van der Waals surface area contributed by atoms with Gasteiger partial charge in [-0.1, -0.05) is 77.6 Å². The number of hydrogen-bond acceptors (Lipinski definition) is 1. The zero-order chi connectivity index (χ0) is 14.6. The highest BCUT2D eigenvalue weighted by Crippen LogP contribution is 2.35. The molecule has 2 heteroatoms. The summed E-state index contributed by atoms with van der Waals surface area (Å²) >= 11 is 0. The molecule has 0 aromatic heterocycles. The largest absolute Gasteiger partial charge is 0.481 e. The Hall–Kier alpha value is -0.530. The first-order chi connectivity index (χ1) is 9.75. The van der Waals surface area contributed by atoms with E-state index in [0.29, 0.717) is 5.92 Å². The molecule has 0 aromatic rings. The Morgan fingerprint density at radius 2 is 1.45 bits per heavy atom. The third-order valence-electron chi connectivity index (χ3n) is 4.90. The van der Waals surface area contributed by atoms with Crippen molar-refractivity contribution in [2.24, 2.45) is 11.8 Å². The normalized spacial score (nSPS) is 22.2. The molecule has 20 heavy (non-hydrogen) atoms. The molecule has 0 radical (unpaired) electrons. The lowest BCUT2D eigenvalue weighted by molar-refractivity contribution is -0.143. The predicted octanol–water partition coefficient (Wildman–Crippen LogP) is 5.80. The molecule has 0 heterocycles. The molecule has 2 nitrogen and oxygen atoms in total. The van der Waals surface area contributed by atoms with Gasteiger partial charge in [0, 0.05) is 0 Å². The highest BCUT2D eigenvalue weighted by molar-refractivity contribution is 5.70. The maximum Gasteiger partial charge on any atom is 0.306 e. The van der Waals surface area contributed by atoms with Crippen LogP contribution in [-0.2, 0) is 4.79 Å². The van der Waals surface area contributed by atoms with E-state index in [9.17, 15) is 4.79 Å². The van der Waals surface area contributed by atoms with Gasteiger partial charge in [0.05, 0.1) is 5.92 Å². The number of unbranched alkanes of at least 4 members (excludes halogenated alkanes) is 9. The average Bonchev–Trinajstić information content (AvgIpc) is 2.89. The molecule has 0 saturated heterocycles. The summed E-state index contributed by atoms with van der Waals surface area (Å²) in [4.78, 5) is 11.1. The topological polar surface area (TPSA) is 37.3 Å². The summed E-state index contributed by atoms with van der Waals surface area (Å²) in [7, 11) is 0. The van der Waals surface area contributed by atoms with Crippen LogP contribution in [-0.4, -0.2) is 11.1 Å². The van der Waals surface area contributed by atoms with Gasteiger partial charge < -0.3 is 5.11 Å². The highest BCUT2D eigenvalue weighted by Gasteiger charge is 2.31. The molecule has 1 rings (SSSR count). The van der Waals surface area contributed by atoms with E-state index in [0.717, 1.165) is 25.7 Å². The van der Waals surface area contributed by atoms with E-state index >= 15 is 0 Å². The fourth-order valence-corrected chi connectivity index (χ4v) is 3.60. The maximum absolute atomic E-state index is 11.1. The van der Waals surface area contributed by atoms with Crippen molar-refractivity contribution in [3.05, 3.63) is 0 Å². The van der Waals surface area contributed by atoms with Crippen molar-refractivity contribution in [3.8, 4) is 0 Å². The van der Waals surface area contributed by atoms with E-state index in [2.05, 4.69) is 6.92 Å². The Labute approximate surface area is 125 Å². The minimum Gasteiger partial charge on any atom is -0.481 e. The van der Waals surface area contributed by atoms with Crippen molar-refractivity contribution in [2.75, 3.05) is 0 Å². The summed E-state index contributed by atoms with van der Waals surface area (Å²) in [5.41, 5.74) is 0. The molecule has 0 bridgehead atoms. The summed E-state index contributed by atoms with van der Waals surface area (Å²) < 4.78 is 0. The Morgan fingerprint density at radius 3 is 2.00 bits per heavy atom. The lowest BCUT2D eigenvalue weighted by Crippen LogP contribution is -2.18. The van der Waals surface area contributed by atoms with Gasteiger partial charge >= 0.3 is 5.97 Å². The Bertz CT molecular complexity index is 250. The van der Waals surface area contributed by atoms with Crippen LogP contribution in [0.2, 0.25) is 0 Å². The summed E-state index contributed by atoms with van der Waals surface area (Å²) in [6.07, 6.45) is 17.9. The number of rotatable bonds is 12. The van der Waals surface area contributed by atoms with Crippen LogP contribution in [0.25, 0.3) is 0 Å². The molecule has 0 aromatic carbocycles. The molecule has 118 valence electrons. The van der Waals surface area contributed by atoms with Crippen molar-refractivity contribution < 1.29 is 9.90 Å². The zero-order valence-corrected chi connectivity index (χ0v) is 13.4. The number of hydrogen-bond donors (Lipinski definition) is 1. The second-order valence-electron chi connectivity index (χ2n) is 6.61. The monoisotopic (exact) mass is 282 g/mol. The molecule has 1 fully saturated rings. The van der Waals surface area contributed by atoms with E-state index in [4.69, 9.17) is 5.11 Å². The van der Waals surface area contributed by atoms with Crippen LogP contribution in [0.5, 0.6) is 0 Å². The minimum absolute atomic E-state index is 0.0337. The molecular weight excluding hydrogens is 248 g/mol. The van der Waals surface area contributed by atoms with E-state index in [1.54, 1.807) is 0 Å². The summed E-state index contributed by atoms with van der Waals surface area (Å²) in [6.45, 7) is 2.26. The highest BCUT2D eigenvalue weighted by atomic mass is 16.4. The minimum atomic E-state index is -0.556. The molecule has 0 unspecified atom stereocenters. The van der Waals surface area contributed by atoms with Gasteiger partial charge in [0.1, 0.15) is 0 Å². The predicted molar refractivity (Wildman–Crippen MR) is 84.9 cm³/mol. The SMILES string of the molecule is CCCCCCCCCCCC[C@@H]1CCC[C@H]1C(=O)O. The van der Waals surface area contributed by atoms with Gasteiger partial charge in [0.25, 0.3) is 0 Å². The van der Waals surface area contributed by atoms with Gasteiger partial charge in [-0.15, -0.1) is 0 Å². The van der Waals surface area contributed by atoms with Crippen LogP contribution in [0.15, 0.2) is 0 Å². The number of carboxylic acids is 1. The van der Waals surface area contributed by atoms with Crippen LogP contribution in [0.4, 0.5) is 0 Å². The quantitative estimate of drug-likeness (QED) is 0.459. The lowest BCUT2D eigenvalue weighted by atomic mass is 9.90. The second-order valence-corrected chi connectivity index (χ2v) is 6.61. The van der Waals surface area contributed by atoms with Crippen LogP contribution >= 0.6 is 0 Å². The smallest absolute Gasteiger partial charge is 0.306 e. The molecule has 2 atom stereocenters. The first kappa shape index (κ1) is 17.5. The van der Waals surface area contributed by atoms with Gasteiger partial charge in [-0.3, -0.25) is 4.79 Å².